The summed E-state index contributed by atoms with van der Waals surface area (Å²) in [5.74, 6) is 0. The fourth-order valence-electron chi connectivity index (χ4n) is 5.63. The van der Waals surface area contributed by atoms with Crippen molar-refractivity contribution in [2.24, 2.45) is 0 Å². The molecule has 4 N–H and O–H groups in total. The minimum absolute atomic E-state index is 0.0795. The van der Waals surface area contributed by atoms with Crippen LogP contribution in [-0.4, -0.2) is 19.9 Å². The van der Waals surface area contributed by atoms with Gasteiger partial charge >= 0.3 is 0 Å². The van der Waals surface area contributed by atoms with Crippen LogP contribution in [0.2, 0.25) is 0 Å². The molecule has 0 saturated carbocycles. The van der Waals surface area contributed by atoms with Gasteiger partial charge in [0.2, 0.25) is 0 Å². The summed E-state index contributed by atoms with van der Waals surface area (Å²) in [4.78, 5) is 14.9. The highest BCUT2D eigenvalue weighted by molar-refractivity contribution is 5.66. The van der Waals surface area contributed by atoms with E-state index in [0.717, 1.165) is 51.1 Å². The van der Waals surface area contributed by atoms with Gasteiger partial charge in [-0.1, -0.05) is 0 Å². The Kier molecular flexibility index (Phi) is 5.48. The van der Waals surface area contributed by atoms with Gasteiger partial charge in [0, 0.05) is 67.2 Å². The van der Waals surface area contributed by atoms with Gasteiger partial charge in [0.25, 0.3) is 0 Å². The molecule has 0 aliphatic carbocycles. The van der Waals surface area contributed by atoms with Crippen molar-refractivity contribution in [1.82, 2.24) is 19.9 Å². The standard InChI is InChI=1S/C32H36N6/c1-29(2)21-9-10-22(35-21)30(3,4)24-13-14-26(37-24)32(7,8)28-20(15-19(17-33)18-34)16-27(38-28)31(5,6)25-12-11-23(29)36-25/h9-16,35-38H,1-8H3. The highest BCUT2D eigenvalue weighted by Crippen LogP contribution is 2.42. The minimum atomic E-state index is -0.453. The molecule has 0 unspecified atom stereocenters. The van der Waals surface area contributed by atoms with Crippen LogP contribution in [-0.2, 0) is 21.7 Å². The maximum Gasteiger partial charge on any atom is 0.130 e. The maximum absolute atomic E-state index is 9.52. The number of aromatic nitrogens is 4. The van der Waals surface area contributed by atoms with Crippen LogP contribution in [0.5, 0.6) is 0 Å². The summed E-state index contributed by atoms with van der Waals surface area (Å²) in [6.45, 7) is 17.6. The second kappa shape index (κ2) is 8.17. The SMILES string of the molecule is CC1(C)c2ccc([nH]2)C(C)(C)c2ccc([nH]2)C(C)(C)c2[nH]c(cc2C=C(C#N)C#N)C(C)(C)c2ccc1[nH]2. The molecule has 4 aromatic rings. The summed E-state index contributed by atoms with van der Waals surface area (Å²) < 4.78 is 0. The second-order valence-corrected chi connectivity index (χ2v) is 12.7. The number of fused-ring (bicyclic) bond motifs is 8. The Hall–Kier alpha value is -4.16. The first kappa shape index (κ1) is 25.5. The van der Waals surface area contributed by atoms with Gasteiger partial charge in [0.15, 0.2) is 0 Å². The third-order valence-electron chi connectivity index (χ3n) is 8.79. The zero-order chi connectivity index (χ0) is 27.7. The van der Waals surface area contributed by atoms with E-state index in [2.05, 4.69) is 118 Å². The molecule has 6 nitrogen and oxygen atoms in total. The third kappa shape index (κ3) is 3.67. The Morgan fingerprint density at radius 2 is 0.895 bits per heavy atom. The molecule has 38 heavy (non-hydrogen) atoms. The predicted molar refractivity (Wildman–Crippen MR) is 151 cm³/mol. The lowest BCUT2D eigenvalue weighted by Crippen LogP contribution is -2.26. The van der Waals surface area contributed by atoms with Crippen LogP contribution in [0.1, 0.15) is 107 Å². The molecule has 4 aromatic heterocycles. The van der Waals surface area contributed by atoms with E-state index in [1.165, 1.54) is 0 Å². The Morgan fingerprint density at radius 1 is 0.553 bits per heavy atom. The Labute approximate surface area is 224 Å². The highest BCUT2D eigenvalue weighted by atomic mass is 14.9. The zero-order valence-electron chi connectivity index (χ0n) is 23.5. The molecule has 6 heteroatoms. The first-order chi connectivity index (χ1) is 17.7. The first-order valence-electron chi connectivity index (χ1n) is 13.1. The molecule has 194 valence electrons. The van der Waals surface area contributed by atoms with Crippen molar-refractivity contribution in [3.05, 3.63) is 99.2 Å². The van der Waals surface area contributed by atoms with Gasteiger partial charge in [-0.05, 0) is 109 Å². The van der Waals surface area contributed by atoms with E-state index in [4.69, 9.17) is 0 Å². The topological polar surface area (TPSA) is 111 Å². The summed E-state index contributed by atoms with van der Waals surface area (Å²) in [6, 6.07) is 19.2. The number of nitrogens with one attached hydrogen (secondary N) is 4. The van der Waals surface area contributed by atoms with Crippen molar-refractivity contribution in [2.75, 3.05) is 0 Å². The van der Waals surface area contributed by atoms with Gasteiger partial charge in [0.1, 0.15) is 17.7 Å². The zero-order valence-corrected chi connectivity index (χ0v) is 23.5. The normalized spacial score (nSPS) is 18.3. The van der Waals surface area contributed by atoms with Crippen molar-refractivity contribution in [3.63, 3.8) is 0 Å². The number of nitrogens with zero attached hydrogens (tertiary/aromatic N) is 2. The number of hydrogen-bond acceptors (Lipinski definition) is 2. The molecule has 0 fully saturated rings. The van der Waals surface area contributed by atoms with Crippen molar-refractivity contribution < 1.29 is 0 Å². The molecular weight excluding hydrogens is 468 g/mol. The number of hydrogen-bond donors (Lipinski definition) is 4. The van der Waals surface area contributed by atoms with Gasteiger partial charge in [-0.25, -0.2) is 0 Å². The van der Waals surface area contributed by atoms with Crippen LogP contribution < -0.4 is 0 Å². The van der Waals surface area contributed by atoms with Gasteiger partial charge in [-0.2, -0.15) is 10.5 Å². The van der Waals surface area contributed by atoms with Crippen LogP contribution in [0, 0.1) is 22.7 Å². The van der Waals surface area contributed by atoms with E-state index < -0.39 is 5.41 Å². The molecule has 1 aliphatic rings. The van der Waals surface area contributed by atoms with Crippen LogP contribution >= 0.6 is 0 Å². The molecule has 0 amide bonds. The largest absolute Gasteiger partial charge is 0.361 e. The Bertz CT molecular complexity index is 1630. The second-order valence-electron chi connectivity index (χ2n) is 12.7. The Morgan fingerprint density at radius 3 is 1.26 bits per heavy atom. The lowest BCUT2D eigenvalue weighted by molar-refractivity contribution is 0.545. The average Bonchev–Trinajstić information content (AvgIpc) is 3.67. The summed E-state index contributed by atoms with van der Waals surface area (Å²) >= 11 is 0. The lowest BCUT2D eigenvalue weighted by Gasteiger charge is -2.28. The molecule has 0 spiro atoms. The Balaban J connectivity index is 1.82. The summed E-state index contributed by atoms with van der Waals surface area (Å²) in [6.07, 6.45) is 1.69. The number of H-pyrrole nitrogens is 4. The van der Waals surface area contributed by atoms with E-state index in [0.29, 0.717) is 0 Å². The van der Waals surface area contributed by atoms with Crippen molar-refractivity contribution in [3.8, 4) is 12.1 Å². The van der Waals surface area contributed by atoms with Gasteiger partial charge in [-0.15, -0.1) is 0 Å². The molecule has 0 saturated heterocycles. The van der Waals surface area contributed by atoms with Gasteiger partial charge in [-0.3, -0.25) is 0 Å². The lowest BCUT2D eigenvalue weighted by atomic mass is 9.83. The molecule has 0 atom stereocenters. The predicted octanol–water partition coefficient (Wildman–Crippen LogP) is 7.05. The van der Waals surface area contributed by atoms with Crippen molar-refractivity contribution in [1.29, 1.82) is 10.5 Å². The third-order valence-corrected chi connectivity index (χ3v) is 8.79. The van der Waals surface area contributed by atoms with Crippen LogP contribution in [0.4, 0.5) is 0 Å². The van der Waals surface area contributed by atoms with E-state index in [9.17, 15) is 10.5 Å². The van der Waals surface area contributed by atoms with Crippen LogP contribution in [0.3, 0.4) is 0 Å². The number of aromatic amines is 4. The number of rotatable bonds is 1. The highest BCUT2D eigenvalue weighted by Gasteiger charge is 2.37. The smallest absolute Gasteiger partial charge is 0.130 e. The van der Waals surface area contributed by atoms with Gasteiger partial charge in [0.05, 0.1) is 0 Å². The van der Waals surface area contributed by atoms with E-state index >= 15 is 0 Å². The van der Waals surface area contributed by atoms with Crippen LogP contribution in [0.15, 0.2) is 48.0 Å². The molecule has 5 rings (SSSR count). The van der Waals surface area contributed by atoms with Crippen molar-refractivity contribution in [2.45, 2.75) is 77.0 Å². The molecular formula is C32H36N6. The molecule has 8 bridgehead atoms. The molecule has 0 radical (unpaired) electrons. The average molecular weight is 505 g/mol. The van der Waals surface area contributed by atoms with Gasteiger partial charge < -0.3 is 19.9 Å². The number of nitriles is 2. The van der Waals surface area contributed by atoms with Crippen molar-refractivity contribution >= 4 is 6.08 Å². The van der Waals surface area contributed by atoms with E-state index in [1.54, 1.807) is 6.08 Å². The minimum Gasteiger partial charge on any atom is -0.361 e. The fraction of sp³-hybridized carbons (Fsp3) is 0.375. The monoisotopic (exact) mass is 504 g/mol. The van der Waals surface area contributed by atoms with E-state index in [-0.39, 0.29) is 21.8 Å². The summed E-state index contributed by atoms with van der Waals surface area (Å²) in [5, 5.41) is 19.0. The maximum atomic E-state index is 9.52. The summed E-state index contributed by atoms with van der Waals surface area (Å²) in [5.41, 5.74) is 8.19. The first-order valence-corrected chi connectivity index (χ1v) is 13.1. The molecule has 0 aromatic carbocycles. The molecule has 5 heterocycles. The van der Waals surface area contributed by atoms with E-state index in [1.807, 2.05) is 12.1 Å². The fourth-order valence-corrected chi connectivity index (χ4v) is 5.63. The quantitative estimate of drug-likeness (QED) is 0.208. The summed E-state index contributed by atoms with van der Waals surface area (Å²) in [7, 11) is 0. The van der Waals surface area contributed by atoms with Crippen LogP contribution in [0.25, 0.3) is 6.08 Å². The molecule has 1 aliphatic heterocycles. The number of allylic oxidation sites excluding steroid dienone is 1.